The number of amides is 2. The van der Waals surface area contributed by atoms with Crippen molar-refractivity contribution in [2.45, 2.75) is 63.5 Å². The van der Waals surface area contributed by atoms with Gasteiger partial charge in [0.05, 0.1) is 30.6 Å². The van der Waals surface area contributed by atoms with Crippen LogP contribution in [-0.2, 0) is 16.6 Å². The highest BCUT2D eigenvalue weighted by atomic mass is 16.5. The smallest absolute Gasteiger partial charge is 0.270 e. The fourth-order valence-corrected chi connectivity index (χ4v) is 6.19. The van der Waals surface area contributed by atoms with Crippen molar-refractivity contribution in [3.8, 4) is 0 Å². The molecule has 3 aliphatic carbocycles. The van der Waals surface area contributed by atoms with Crippen molar-refractivity contribution < 1.29 is 14.3 Å². The van der Waals surface area contributed by atoms with Crippen molar-refractivity contribution in [2.75, 3.05) is 30.0 Å². The minimum atomic E-state index is -0.612. The number of rotatable bonds is 8. The molecule has 9 heteroatoms. The minimum Gasteiger partial charge on any atom is -0.377 e. The van der Waals surface area contributed by atoms with Gasteiger partial charge in [-0.3, -0.25) is 14.3 Å². The topological polar surface area (TPSA) is 101 Å². The first-order valence-corrected chi connectivity index (χ1v) is 13.3. The number of carbonyl (C=O) groups is 2. The number of pyridine rings is 1. The number of nitrogens with zero attached hydrogens (tertiary/aromatic N) is 4. The third kappa shape index (κ3) is 4.27. The molecule has 2 N–H and O–H groups in total. The molecule has 192 valence electrons. The van der Waals surface area contributed by atoms with Crippen molar-refractivity contribution in [1.29, 1.82) is 0 Å². The minimum absolute atomic E-state index is 0.0872. The summed E-state index contributed by atoms with van der Waals surface area (Å²) in [4.78, 5) is 34.0. The van der Waals surface area contributed by atoms with E-state index in [-0.39, 0.29) is 28.7 Å². The van der Waals surface area contributed by atoms with E-state index in [0.717, 1.165) is 57.5 Å². The molecule has 2 aromatic rings. The molecule has 0 radical (unpaired) electrons. The summed E-state index contributed by atoms with van der Waals surface area (Å²) in [5.74, 6) is 1.05. The summed E-state index contributed by atoms with van der Waals surface area (Å²) in [6.45, 7) is 4.56. The Morgan fingerprint density at radius 1 is 1.17 bits per heavy atom. The van der Waals surface area contributed by atoms with Crippen LogP contribution in [0.15, 0.2) is 30.6 Å². The highest BCUT2D eigenvalue weighted by Gasteiger charge is 2.54. The Bertz CT molecular complexity index is 1130. The lowest BCUT2D eigenvalue weighted by Gasteiger charge is -2.42. The van der Waals surface area contributed by atoms with E-state index in [9.17, 15) is 9.59 Å². The second-order valence-corrected chi connectivity index (χ2v) is 11.5. The molecule has 1 spiro atoms. The number of ether oxygens (including phenoxy) is 1. The second kappa shape index (κ2) is 8.87. The zero-order valence-corrected chi connectivity index (χ0v) is 21.2. The van der Waals surface area contributed by atoms with Crippen molar-refractivity contribution >= 4 is 23.3 Å². The molecule has 6 rings (SSSR count). The summed E-state index contributed by atoms with van der Waals surface area (Å²) in [7, 11) is 1.74. The first-order valence-electron chi connectivity index (χ1n) is 13.3. The van der Waals surface area contributed by atoms with E-state index < -0.39 is 6.04 Å². The lowest BCUT2D eigenvalue weighted by Crippen LogP contribution is -2.54. The lowest BCUT2D eigenvalue weighted by atomic mass is 9.66. The van der Waals surface area contributed by atoms with E-state index in [2.05, 4.69) is 32.5 Å². The van der Waals surface area contributed by atoms with Crippen LogP contribution in [0.4, 0.5) is 11.5 Å². The van der Waals surface area contributed by atoms with Gasteiger partial charge in [0.2, 0.25) is 5.91 Å². The van der Waals surface area contributed by atoms with Crippen molar-refractivity contribution in [3.63, 3.8) is 0 Å². The predicted molar refractivity (Wildman–Crippen MR) is 136 cm³/mol. The van der Waals surface area contributed by atoms with Gasteiger partial charge < -0.3 is 20.3 Å². The van der Waals surface area contributed by atoms with Gasteiger partial charge in [-0.25, -0.2) is 4.98 Å². The van der Waals surface area contributed by atoms with Crippen LogP contribution in [0.5, 0.6) is 0 Å². The van der Waals surface area contributed by atoms with Crippen LogP contribution in [0.3, 0.4) is 0 Å². The maximum Gasteiger partial charge on any atom is 0.270 e. The highest BCUT2D eigenvalue weighted by Crippen LogP contribution is 2.58. The van der Waals surface area contributed by atoms with E-state index in [1.165, 1.54) is 6.42 Å². The number of hydrogen-bond donors (Lipinski definition) is 2. The molecule has 0 aromatic carbocycles. The van der Waals surface area contributed by atoms with Gasteiger partial charge in [-0.1, -0.05) is 26.2 Å². The number of anilines is 2. The molecule has 4 aliphatic rings. The number of hydrogen-bond acceptors (Lipinski definition) is 6. The van der Waals surface area contributed by atoms with E-state index in [0.29, 0.717) is 23.9 Å². The molecule has 9 nitrogen and oxygen atoms in total. The Hall–Kier alpha value is -2.94. The molecule has 1 unspecified atom stereocenters. The fraction of sp³-hybridized carbons (Fsp3) is 0.630. The summed E-state index contributed by atoms with van der Waals surface area (Å²) in [5.41, 5.74) is 1.29. The average molecular weight is 493 g/mol. The zero-order chi connectivity index (χ0) is 24.9. The number of nitrogens with one attached hydrogen (secondary N) is 2. The molecule has 36 heavy (non-hydrogen) atoms. The lowest BCUT2D eigenvalue weighted by molar-refractivity contribution is -0.121. The molecule has 2 atom stereocenters. The quantitative estimate of drug-likeness (QED) is 0.587. The van der Waals surface area contributed by atoms with E-state index in [1.807, 2.05) is 12.1 Å². The predicted octanol–water partition coefficient (Wildman–Crippen LogP) is 3.14. The molecule has 1 saturated heterocycles. The monoisotopic (exact) mass is 492 g/mol. The number of morpholine rings is 1. The van der Waals surface area contributed by atoms with Gasteiger partial charge in [-0.15, -0.1) is 0 Å². The fourth-order valence-electron chi connectivity index (χ4n) is 6.19. The average Bonchev–Trinajstić information content (AvgIpc) is 3.74. The van der Waals surface area contributed by atoms with Gasteiger partial charge in [0.1, 0.15) is 17.6 Å². The van der Waals surface area contributed by atoms with E-state index >= 15 is 0 Å². The highest BCUT2D eigenvalue weighted by molar-refractivity contribution is 6.00. The number of aryl methyl sites for hydroxylation is 1. The third-order valence-electron chi connectivity index (χ3n) is 9.00. The van der Waals surface area contributed by atoms with Crippen molar-refractivity contribution in [2.24, 2.45) is 24.3 Å². The molecule has 2 aromatic heterocycles. The Kier molecular flexibility index (Phi) is 5.78. The second-order valence-electron chi connectivity index (χ2n) is 11.5. The van der Waals surface area contributed by atoms with Crippen LogP contribution in [-0.4, -0.2) is 57.9 Å². The summed E-state index contributed by atoms with van der Waals surface area (Å²) in [6.07, 6.45) is 11.2. The first kappa shape index (κ1) is 23.5. The van der Waals surface area contributed by atoms with Crippen LogP contribution in [0.2, 0.25) is 0 Å². The SMILES string of the molecule is Cn1nccc1C(=O)N[C@H](C(=O)Nc1ccc(N2CCOCC23CC3)nc1)C(C1CCC1)C1(C)CC1. The Morgan fingerprint density at radius 3 is 2.56 bits per heavy atom. The van der Waals surface area contributed by atoms with Crippen molar-refractivity contribution in [1.82, 2.24) is 20.1 Å². The Balaban J connectivity index is 1.21. The molecule has 3 saturated carbocycles. The summed E-state index contributed by atoms with van der Waals surface area (Å²) >= 11 is 0. The summed E-state index contributed by atoms with van der Waals surface area (Å²) < 4.78 is 7.23. The van der Waals surface area contributed by atoms with Crippen LogP contribution in [0, 0.1) is 17.3 Å². The van der Waals surface area contributed by atoms with Gasteiger partial charge >= 0.3 is 0 Å². The summed E-state index contributed by atoms with van der Waals surface area (Å²) in [5, 5.41) is 10.3. The van der Waals surface area contributed by atoms with Gasteiger partial charge in [-0.05, 0) is 61.1 Å². The molecule has 1 aliphatic heterocycles. The van der Waals surface area contributed by atoms with Gasteiger partial charge in [-0.2, -0.15) is 5.10 Å². The largest absolute Gasteiger partial charge is 0.377 e. The Labute approximate surface area is 212 Å². The maximum absolute atomic E-state index is 13.8. The standard InChI is InChI=1S/C27H36N6O3/c1-26(9-10-26)22(18-4-3-5-18)23(31-24(34)20-8-13-29-32(20)2)25(35)30-19-6-7-21(28-16-19)33-14-15-36-17-27(33)11-12-27/h6-8,13,16,18,22-23H,3-5,9-12,14-15,17H2,1-2H3,(H,30,35)(H,31,34)/t22?,23-/m0/s1. The van der Waals surface area contributed by atoms with Crippen LogP contribution >= 0.6 is 0 Å². The number of aromatic nitrogens is 3. The molecular weight excluding hydrogens is 456 g/mol. The van der Waals surface area contributed by atoms with Gasteiger partial charge in [0, 0.05) is 19.8 Å². The van der Waals surface area contributed by atoms with Crippen molar-refractivity contribution in [3.05, 3.63) is 36.3 Å². The van der Waals surface area contributed by atoms with Crippen LogP contribution in [0.1, 0.15) is 62.4 Å². The first-order chi connectivity index (χ1) is 17.4. The molecule has 2 amide bonds. The Morgan fingerprint density at radius 2 is 1.97 bits per heavy atom. The molecular formula is C27H36N6O3. The molecule has 3 heterocycles. The van der Waals surface area contributed by atoms with Gasteiger partial charge in [0.15, 0.2) is 0 Å². The zero-order valence-electron chi connectivity index (χ0n) is 21.2. The van der Waals surface area contributed by atoms with Crippen LogP contribution in [0.25, 0.3) is 0 Å². The molecule has 4 fully saturated rings. The summed E-state index contributed by atoms with van der Waals surface area (Å²) in [6, 6.07) is 4.97. The third-order valence-corrected chi connectivity index (χ3v) is 9.00. The molecule has 0 bridgehead atoms. The van der Waals surface area contributed by atoms with E-state index in [1.54, 1.807) is 30.2 Å². The maximum atomic E-state index is 13.8. The van der Waals surface area contributed by atoms with Gasteiger partial charge in [0.25, 0.3) is 5.91 Å². The normalized spacial score (nSPS) is 23.4. The number of carbonyl (C=O) groups excluding carboxylic acids is 2. The van der Waals surface area contributed by atoms with Crippen LogP contribution < -0.4 is 15.5 Å². The van der Waals surface area contributed by atoms with E-state index in [4.69, 9.17) is 4.74 Å².